The first kappa shape index (κ1) is 30.2. The third kappa shape index (κ3) is 6.20. The van der Waals surface area contributed by atoms with Gasteiger partial charge in [0, 0.05) is 17.7 Å². The predicted octanol–water partition coefficient (Wildman–Crippen LogP) is 4.60. The highest BCUT2D eigenvalue weighted by atomic mass is 16.6. The molecule has 1 aromatic heterocycles. The summed E-state index contributed by atoms with van der Waals surface area (Å²) in [7, 11) is 0. The monoisotopic (exact) mass is 598 g/mol. The largest absolute Gasteiger partial charge is 0.374 e. The molecule has 9 nitrogen and oxygen atoms in total. The molecule has 3 aromatic carbocycles. The molecule has 2 bridgehead atoms. The number of hydrogen-bond acceptors (Lipinski definition) is 7. The van der Waals surface area contributed by atoms with Crippen LogP contribution in [-0.2, 0) is 50.2 Å². The third-order valence-electron chi connectivity index (χ3n) is 8.46. The summed E-state index contributed by atoms with van der Waals surface area (Å²) < 4.78 is 34.4. The summed E-state index contributed by atoms with van der Waals surface area (Å²) in [4.78, 5) is 27.0. The van der Waals surface area contributed by atoms with Crippen molar-refractivity contribution in [2.45, 2.75) is 64.4 Å². The third-order valence-corrected chi connectivity index (χ3v) is 8.46. The molecule has 6 rings (SSSR count). The summed E-state index contributed by atoms with van der Waals surface area (Å²) in [6, 6.07) is 29.5. The van der Waals surface area contributed by atoms with E-state index in [2.05, 4.69) is 6.92 Å². The molecule has 0 N–H and O–H groups in total. The van der Waals surface area contributed by atoms with Crippen LogP contribution in [0.2, 0.25) is 0 Å². The van der Waals surface area contributed by atoms with Gasteiger partial charge in [0.25, 0.3) is 5.56 Å². The fourth-order valence-corrected chi connectivity index (χ4v) is 6.00. The second-order valence-electron chi connectivity index (χ2n) is 11.6. The topological polar surface area (TPSA) is 90.2 Å². The van der Waals surface area contributed by atoms with Crippen molar-refractivity contribution in [1.29, 1.82) is 0 Å². The summed E-state index contributed by atoms with van der Waals surface area (Å²) in [6.45, 7) is 5.21. The van der Waals surface area contributed by atoms with Gasteiger partial charge in [-0.05, 0) is 23.6 Å². The van der Waals surface area contributed by atoms with Crippen LogP contribution in [0.5, 0.6) is 0 Å². The van der Waals surface area contributed by atoms with Crippen molar-refractivity contribution >= 4 is 0 Å². The summed E-state index contributed by atoms with van der Waals surface area (Å²) >= 11 is 0. The molecule has 9 heteroatoms. The van der Waals surface area contributed by atoms with Gasteiger partial charge in [0.1, 0.15) is 24.5 Å². The Hall–Kier alpha value is -3.86. The SMILES string of the molecule is Cc1cn([C@@H]2O[C@@]3(COCc4ccccc4)[C@@H](C)CO[C@@H]2[C@@H]3OCc2ccccc2)c(=O)n(COCc2ccccc2)c1=O. The molecule has 2 aliphatic heterocycles. The molecule has 0 saturated carbocycles. The zero-order valence-electron chi connectivity index (χ0n) is 25.0. The van der Waals surface area contributed by atoms with Gasteiger partial charge in [-0.1, -0.05) is 97.9 Å². The number of aromatic nitrogens is 2. The first-order valence-electron chi connectivity index (χ1n) is 15.0. The first-order valence-corrected chi connectivity index (χ1v) is 15.0. The van der Waals surface area contributed by atoms with Crippen molar-refractivity contribution in [3.8, 4) is 0 Å². The van der Waals surface area contributed by atoms with Gasteiger partial charge < -0.3 is 23.7 Å². The Bertz CT molecular complexity index is 1640. The van der Waals surface area contributed by atoms with Crippen molar-refractivity contribution in [3.63, 3.8) is 0 Å². The minimum Gasteiger partial charge on any atom is -0.374 e. The Morgan fingerprint density at radius 3 is 2.00 bits per heavy atom. The summed E-state index contributed by atoms with van der Waals surface area (Å²) in [5, 5.41) is 0. The molecule has 44 heavy (non-hydrogen) atoms. The lowest BCUT2D eigenvalue weighted by atomic mass is 9.81. The predicted molar refractivity (Wildman–Crippen MR) is 164 cm³/mol. The van der Waals surface area contributed by atoms with E-state index >= 15 is 0 Å². The van der Waals surface area contributed by atoms with Crippen LogP contribution in [-0.4, -0.2) is 40.2 Å². The lowest BCUT2D eigenvalue weighted by Crippen LogP contribution is -2.58. The molecular weight excluding hydrogens is 560 g/mol. The standard InChI is InChI=1S/C35H38N2O7/c1-25-18-36(34(39)37(32(25)38)24-41-21-28-14-8-4-9-15-28)33-30-31(43-22-29-16-10-5-11-17-29)35(44-33,26(2)19-42-30)23-40-20-27-12-6-3-7-13-27/h3-18,26,30-31,33H,19-24H2,1-2H3/t26-,30+,31-,33+,35-/m0/s1. The number of fused-ring (bicyclic) bond motifs is 2. The van der Waals surface area contributed by atoms with Crippen LogP contribution in [0.25, 0.3) is 0 Å². The highest BCUT2D eigenvalue weighted by Gasteiger charge is 2.63. The molecule has 2 fully saturated rings. The van der Waals surface area contributed by atoms with Crippen LogP contribution in [0, 0.1) is 12.8 Å². The molecule has 5 atom stereocenters. The highest BCUT2D eigenvalue weighted by Crippen LogP contribution is 2.48. The molecule has 230 valence electrons. The molecule has 0 spiro atoms. The van der Waals surface area contributed by atoms with Crippen molar-refractivity contribution < 1.29 is 23.7 Å². The van der Waals surface area contributed by atoms with Crippen molar-refractivity contribution in [2.24, 2.45) is 5.92 Å². The average molecular weight is 599 g/mol. The summed E-state index contributed by atoms with van der Waals surface area (Å²) in [6.07, 6.45) is -0.434. The van der Waals surface area contributed by atoms with E-state index in [-0.39, 0.29) is 25.9 Å². The summed E-state index contributed by atoms with van der Waals surface area (Å²) in [5.41, 5.74) is 1.55. The average Bonchev–Trinajstić information content (AvgIpc) is 3.29. The van der Waals surface area contributed by atoms with Crippen LogP contribution in [0.1, 0.15) is 35.4 Å². The number of hydrogen-bond donors (Lipinski definition) is 0. The second kappa shape index (κ2) is 13.4. The second-order valence-corrected chi connectivity index (χ2v) is 11.6. The van der Waals surface area contributed by atoms with Crippen molar-refractivity contribution in [1.82, 2.24) is 9.13 Å². The normalized spacial score (nSPS) is 24.4. The fourth-order valence-electron chi connectivity index (χ4n) is 6.00. The fraction of sp³-hybridized carbons (Fsp3) is 0.371. The van der Waals surface area contributed by atoms with Gasteiger partial charge in [-0.25, -0.2) is 9.36 Å². The Morgan fingerprint density at radius 2 is 1.39 bits per heavy atom. The van der Waals surface area contributed by atoms with Gasteiger partial charge in [-0.3, -0.25) is 9.36 Å². The van der Waals surface area contributed by atoms with Crippen molar-refractivity contribution in [2.75, 3.05) is 13.2 Å². The van der Waals surface area contributed by atoms with E-state index in [0.717, 1.165) is 21.3 Å². The van der Waals surface area contributed by atoms with Gasteiger partial charge >= 0.3 is 5.69 Å². The molecule has 0 radical (unpaired) electrons. The van der Waals surface area contributed by atoms with E-state index in [1.807, 2.05) is 91.0 Å². The maximum absolute atomic E-state index is 13.9. The maximum Gasteiger partial charge on any atom is 0.335 e. The van der Waals surface area contributed by atoms with Crippen LogP contribution < -0.4 is 11.2 Å². The quantitative estimate of drug-likeness (QED) is 0.236. The van der Waals surface area contributed by atoms with Gasteiger partial charge in [0.15, 0.2) is 6.23 Å². The van der Waals surface area contributed by atoms with Crippen LogP contribution in [0.4, 0.5) is 0 Å². The van der Waals surface area contributed by atoms with Crippen LogP contribution >= 0.6 is 0 Å². The van der Waals surface area contributed by atoms with E-state index in [9.17, 15) is 9.59 Å². The smallest absolute Gasteiger partial charge is 0.335 e. The number of ether oxygens (including phenoxy) is 5. The van der Waals surface area contributed by atoms with Crippen LogP contribution in [0.3, 0.4) is 0 Å². The Balaban J connectivity index is 1.30. The molecule has 4 aromatic rings. The van der Waals surface area contributed by atoms with E-state index in [1.165, 1.54) is 4.57 Å². The first-order chi connectivity index (χ1) is 21.5. The van der Waals surface area contributed by atoms with Gasteiger partial charge in [-0.2, -0.15) is 0 Å². The number of benzene rings is 3. The highest BCUT2D eigenvalue weighted by molar-refractivity contribution is 5.17. The summed E-state index contributed by atoms with van der Waals surface area (Å²) in [5.74, 6) is -0.0998. The maximum atomic E-state index is 13.9. The minimum absolute atomic E-state index is 0.0998. The molecular formula is C35H38N2O7. The van der Waals surface area contributed by atoms with E-state index < -0.39 is 35.3 Å². The van der Waals surface area contributed by atoms with Gasteiger partial charge in [-0.15, -0.1) is 0 Å². The molecule has 0 amide bonds. The molecule has 2 aliphatic rings. The Morgan fingerprint density at radius 1 is 0.818 bits per heavy atom. The molecule has 0 unspecified atom stereocenters. The van der Waals surface area contributed by atoms with Crippen molar-refractivity contribution in [3.05, 3.63) is 140 Å². The molecule has 0 aliphatic carbocycles. The van der Waals surface area contributed by atoms with E-state index in [1.54, 1.807) is 13.1 Å². The Kier molecular flexibility index (Phi) is 9.20. The van der Waals surface area contributed by atoms with Gasteiger partial charge in [0.05, 0.1) is 33.0 Å². The van der Waals surface area contributed by atoms with E-state index in [0.29, 0.717) is 25.4 Å². The number of nitrogens with zero attached hydrogens (tertiary/aromatic N) is 2. The molecule has 3 heterocycles. The zero-order valence-corrected chi connectivity index (χ0v) is 25.0. The molecule has 2 saturated heterocycles. The lowest BCUT2D eigenvalue weighted by Gasteiger charge is -2.42. The zero-order chi connectivity index (χ0) is 30.5. The van der Waals surface area contributed by atoms with Crippen LogP contribution in [0.15, 0.2) is 107 Å². The van der Waals surface area contributed by atoms with E-state index in [4.69, 9.17) is 23.7 Å². The minimum atomic E-state index is -0.894. The van der Waals surface area contributed by atoms with Gasteiger partial charge in [0.2, 0.25) is 0 Å². The Labute approximate surface area is 256 Å². The number of rotatable bonds is 12. The lowest BCUT2D eigenvalue weighted by molar-refractivity contribution is -0.204. The number of aryl methyl sites for hydroxylation is 1.